The van der Waals surface area contributed by atoms with Gasteiger partial charge in [-0.15, -0.1) is 0 Å². The van der Waals surface area contributed by atoms with Crippen molar-refractivity contribution in [1.82, 2.24) is 14.4 Å². The molecule has 0 aliphatic heterocycles. The second-order valence-corrected chi connectivity index (χ2v) is 4.50. The summed E-state index contributed by atoms with van der Waals surface area (Å²) in [5.74, 6) is 0.630. The Bertz CT molecular complexity index is 829. The number of anilines is 1. The molecule has 0 bridgehead atoms. The number of aromatic nitrogens is 3. The Morgan fingerprint density at radius 2 is 2.09 bits per heavy atom. The Balaban J connectivity index is 1.91. The summed E-state index contributed by atoms with van der Waals surface area (Å²) < 4.78 is 11.4. The summed E-state index contributed by atoms with van der Waals surface area (Å²) in [7, 11) is 0. The highest BCUT2D eigenvalue weighted by Crippen LogP contribution is 2.20. The smallest absolute Gasteiger partial charge is 0.434 e. The van der Waals surface area contributed by atoms with Crippen LogP contribution in [0.4, 0.5) is 10.6 Å². The summed E-state index contributed by atoms with van der Waals surface area (Å²) in [5.41, 5.74) is 7.97. The lowest BCUT2D eigenvalue weighted by Gasteiger charge is -2.02. The highest BCUT2D eigenvalue weighted by molar-refractivity contribution is 5.65. The molecule has 3 heterocycles. The molecule has 3 aromatic heterocycles. The summed E-state index contributed by atoms with van der Waals surface area (Å²) in [6.07, 6.45) is 2.66. The maximum atomic E-state index is 11.3. The van der Waals surface area contributed by atoms with E-state index in [4.69, 9.17) is 15.2 Å². The molecule has 0 saturated heterocycles. The van der Waals surface area contributed by atoms with Gasteiger partial charge in [-0.1, -0.05) is 6.07 Å². The van der Waals surface area contributed by atoms with E-state index < -0.39 is 6.16 Å². The van der Waals surface area contributed by atoms with Gasteiger partial charge in [0.15, 0.2) is 0 Å². The number of nitrogen functional groups attached to an aromatic ring is 1. The van der Waals surface area contributed by atoms with Gasteiger partial charge in [0.05, 0.1) is 18.5 Å². The third kappa shape index (κ3) is 2.83. The van der Waals surface area contributed by atoms with Gasteiger partial charge in [-0.05, 0) is 31.2 Å². The van der Waals surface area contributed by atoms with Crippen molar-refractivity contribution >= 4 is 17.6 Å². The topological polar surface area (TPSA) is 91.7 Å². The Morgan fingerprint density at radius 3 is 2.86 bits per heavy atom. The number of imidazole rings is 1. The third-order valence-electron chi connectivity index (χ3n) is 2.95. The van der Waals surface area contributed by atoms with Gasteiger partial charge >= 0.3 is 6.16 Å². The van der Waals surface area contributed by atoms with Crippen molar-refractivity contribution in [3.8, 4) is 17.1 Å². The maximum Gasteiger partial charge on any atom is 0.515 e. The summed E-state index contributed by atoms with van der Waals surface area (Å²) in [4.78, 5) is 19.7. The summed E-state index contributed by atoms with van der Waals surface area (Å²) in [6, 6.07) is 9.11. The Labute approximate surface area is 126 Å². The van der Waals surface area contributed by atoms with Crippen molar-refractivity contribution < 1.29 is 14.3 Å². The number of ether oxygens (including phenoxy) is 2. The van der Waals surface area contributed by atoms with Crippen molar-refractivity contribution in [2.45, 2.75) is 6.92 Å². The van der Waals surface area contributed by atoms with E-state index in [0.717, 1.165) is 11.3 Å². The molecular formula is C15H14N4O3. The fourth-order valence-corrected chi connectivity index (χ4v) is 2.01. The number of carbonyl (C=O) groups excluding carboxylic acids is 1. The molecule has 0 aromatic carbocycles. The quantitative estimate of drug-likeness (QED) is 0.747. The zero-order valence-corrected chi connectivity index (χ0v) is 11.9. The number of hydrogen-bond acceptors (Lipinski definition) is 6. The van der Waals surface area contributed by atoms with E-state index in [2.05, 4.69) is 9.97 Å². The predicted molar refractivity (Wildman–Crippen MR) is 80.5 cm³/mol. The van der Waals surface area contributed by atoms with E-state index >= 15 is 0 Å². The van der Waals surface area contributed by atoms with Crippen LogP contribution in [0.3, 0.4) is 0 Å². The zero-order chi connectivity index (χ0) is 15.5. The molecule has 3 rings (SSSR count). The highest BCUT2D eigenvalue weighted by Gasteiger charge is 2.10. The highest BCUT2D eigenvalue weighted by atomic mass is 16.7. The SMILES string of the molecule is CCOC(=O)Oc1cn2cc(-c3cccc(N)n3)ccc2n1. The molecule has 3 aromatic rings. The van der Waals surface area contributed by atoms with Crippen LogP contribution in [0.2, 0.25) is 0 Å². The monoisotopic (exact) mass is 298 g/mol. The molecule has 0 spiro atoms. The van der Waals surface area contributed by atoms with Gasteiger partial charge in [0, 0.05) is 11.8 Å². The average Bonchev–Trinajstić information content (AvgIpc) is 2.88. The molecule has 22 heavy (non-hydrogen) atoms. The lowest BCUT2D eigenvalue weighted by molar-refractivity contribution is 0.103. The Kier molecular flexibility index (Phi) is 3.61. The van der Waals surface area contributed by atoms with Gasteiger partial charge in [0.2, 0.25) is 5.88 Å². The number of carbonyl (C=O) groups is 1. The van der Waals surface area contributed by atoms with Crippen LogP contribution in [0.5, 0.6) is 5.88 Å². The van der Waals surface area contributed by atoms with E-state index in [1.54, 1.807) is 29.7 Å². The van der Waals surface area contributed by atoms with Crippen molar-refractivity contribution in [2.75, 3.05) is 12.3 Å². The summed E-state index contributed by atoms with van der Waals surface area (Å²) >= 11 is 0. The van der Waals surface area contributed by atoms with E-state index in [-0.39, 0.29) is 12.5 Å². The largest absolute Gasteiger partial charge is 0.515 e. The van der Waals surface area contributed by atoms with Crippen molar-refractivity contribution in [1.29, 1.82) is 0 Å². The number of fused-ring (bicyclic) bond motifs is 1. The zero-order valence-electron chi connectivity index (χ0n) is 11.9. The molecule has 0 aliphatic carbocycles. The minimum atomic E-state index is -0.774. The second-order valence-electron chi connectivity index (χ2n) is 4.50. The van der Waals surface area contributed by atoms with E-state index in [9.17, 15) is 4.79 Å². The predicted octanol–water partition coefficient (Wildman–Crippen LogP) is 2.51. The first-order valence-electron chi connectivity index (χ1n) is 6.72. The third-order valence-corrected chi connectivity index (χ3v) is 2.95. The molecule has 0 aliphatic rings. The maximum absolute atomic E-state index is 11.3. The van der Waals surface area contributed by atoms with Gasteiger partial charge in [-0.2, -0.15) is 4.98 Å². The number of nitrogens with two attached hydrogens (primary N) is 1. The molecular weight excluding hydrogens is 284 g/mol. The lowest BCUT2D eigenvalue weighted by Crippen LogP contribution is -2.10. The number of nitrogens with zero attached hydrogens (tertiary/aromatic N) is 3. The molecule has 0 saturated carbocycles. The van der Waals surface area contributed by atoms with Crippen molar-refractivity contribution in [3.05, 3.63) is 42.7 Å². The molecule has 0 atom stereocenters. The minimum Gasteiger partial charge on any atom is -0.434 e. The Hall–Kier alpha value is -3.09. The van der Waals surface area contributed by atoms with Crippen molar-refractivity contribution in [3.63, 3.8) is 0 Å². The van der Waals surface area contributed by atoms with E-state index in [1.165, 1.54) is 0 Å². The van der Waals surface area contributed by atoms with Gasteiger partial charge in [-0.25, -0.2) is 9.78 Å². The van der Waals surface area contributed by atoms with Crippen LogP contribution in [0.1, 0.15) is 6.92 Å². The normalized spacial score (nSPS) is 10.6. The first-order valence-corrected chi connectivity index (χ1v) is 6.72. The minimum absolute atomic E-state index is 0.177. The second kappa shape index (κ2) is 5.72. The first-order chi connectivity index (χ1) is 10.7. The average molecular weight is 298 g/mol. The van der Waals surface area contributed by atoms with Crippen LogP contribution in [0, 0.1) is 0 Å². The van der Waals surface area contributed by atoms with Gasteiger partial charge < -0.3 is 19.6 Å². The van der Waals surface area contributed by atoms with Crippen LogP contribution < -0.4 is 10.5 Å². The van der Waals surface area contributed by atoms with Gasteiger partial charge in [0.25, 0.3) is 0 Å². The number of hydrogen-bond donors (Lipinski definition) is 1. The molecule has 2 N–H and O–H groups in total. The molecule has 0 amide bonds. The number of rotatable bonds is 3. The molecule has 7 nitrogen and oxygen atoms in total. The summed E-state index contributed by atoms with van der Waals surface area (Å²) in [6.45, 7) is 1.95. The molecule has 112 valence electrons. The van der Waals surface area contributed by atoms with Crippen LogP contribution >= 0.6 is 0 Å². The van der Waals surface area contributed by atoms with Crippen LogP contribution in [-0.2, 0) is 4.74 Å². The standard InChI is InChI=1S/C15H14N4O3/c1-2-21-15(20)22-14-9-19-8-10(6-7-13(19)18-14)11-4-3-5-12(16)17-11/h3-9H,2H2,1H3,(H2,16,17). The number of pyridine rings is 2. The summed E-state index contributed by atoms with van der Waals surface area (Å²) in [5, 5.41) is 0. The lowest BCUT2D eigenvalue weighted by atomic mass is 10.2. The van der Waals surface area contributed by atoms with E-state index in [1.807, 2.05) is 24.4 Å². The molecule has 0 fully saturated rings. The van der Waals surface area contributed by atoms with E-state index in [0.29, 0.717) is 11.5 Å². The van der Waals surface area contributed by atoms with Crippen LogP contribution in [-0.4, -0.2) is 27.1 Å². The van der Waals surface area contributed by atoms with Gasteiger partial charge in [-0.3, -0.25) is 0 Å². The Morgan fingerprint density at radius 1 is 1.23 bits per heavy atom. The fraction of sp³-hybridized carbons (Fsp3) is 0.133. The molecule has 0 radical (unpaired) electrons. The van der Waals surface area contributed by atoms with Gasteiger partial charge in [0.1, 0.15) is 11.5 Å². The molecule has 7 heteroatoms. The fourth-order valence-electron chi connectivity index (χ4n) is 2.01. The van der Waals surface area contributed by atoms with Crippen LogP contribution in [0.15, 0.2) is 42.7 Å². The molecule has 0 unspecified atom stereocenters. The van der Waals surface area contributed by atoms with Crippen molar-refractivity contribution in [2.24, 2.45) is 0 Å². The van der Waals surface area contributed by atoms with Crippen LogP contribution in [0.25, 0.3) is 16.9 Å². The first kappa shape index (κ1) is 13.9.